The quantitative estimate of drug-likeness (QED) is 0.486. The molecule has 6 heteroatoms. The largest absolute Gasteiger partial charge is 0.477 e. The van der Waals surface area contributed by atoms with Crippen molar-refractivity contribution in [3.63, 3.8) is 0 Å². The molecule has 0 aliphatic carbocycles. The molecular weight excluding hydrogens is 374 g/mol. The molecule has 2 rings (SSSR count). The summed E-state index contributed by atoms with van der Waals surface area (Å²) in [5, 5.41) is 19.3. The van der Waals surface area contributed by atoms with Crippen molar-refractivity contribution in [2.24, 2.45) is 5.92 Å². The van der Waals surface area contributed by atoms with Crippen LogP contribution in [0, 0.1) is 17.8 Å². The minimum atomic E-state index is -0.898. The molecule has 3 atom stereocenters. The van der Waals surface area contributed by atoms with Crippen molar-refractivity contribution in [2.45, 2.75) is 64.5 Å². The van der Waals surface area contributed by atoms with Gasteiger partial charge in [0.05, 0.1) is 12.1 Å². The highest BCUT2D eigenvalue weighted by Crippen LogP contribution is 2.23. The number of aryl methyl sites for hydroxylation is 1. The van der Waals surface area contributed by atoms with E-state index in [1.165, 1.54) is 11.3 Å². The predicted octanol–water partition coefficient (Wildman–Crippen LogP) is 3.73. The second-order valence-corrected chi connectivity index (χ2v) is 8.30. The first-order valence-electron chi connectivity index (χ1n) is 9.86. The van der Waals surface area contributed by atoms with Gasteiger partial charge in [0.15, 0.2) is 0 Å². The zero-order valence-electron chi connectivity index (χ0n) is 16.6. The van der Waals surface area contributed by atoms with E-state index in [-0.39, 0.29) is 17.9 Å². The SMILES string of the molecule is CCC#CCC(C)[C@H](O)/C=C/[C@H]1CCC(=O)N1CCCc1ccc(C(=O)O)s1. The fourth-order valence-electron chi connectivity index (χ4n) is 3.21. The van der Waals surface area contributed by atoms with Gasteiger partial charge in [-0.05, 0) is 37.3 Å². The molecule has 0 bridgehead atoms. The highest BCUT2D eigenvalue weighted by molar-refractivity contribution is 7.13. The average Bonchev–Trinajstić information content (AvgIpc) is 3.27. The first-order chi connectivity index (χ1) is 13.4. The zero-order valence-corrected chi connectivity index (χ0v) is 17.4. The number of amides is 1. The number of carbonyl (C=O) groups excluding carboxylic acids is 1. The summed E-state index contributed by atoms with van der Waals surface area (Å²) in [5.74, 6) is 5.39. The predicted molar refractivity (Wildman–Crippen MR) is 111 cm³/mol. The van der Waals surface area contributed by atoms with Gasteiger partial charge < -0.3 is 15.1 Å². The second kappa shape index (κ2) is 11.0. The van der Waals surface area contributed by atoms with E-state index in [0.717, 1.165) is 30.6 Å². The van der Waals surface area contributed by atoms with Gasteiger partial charge in [-0.2, -0.15) is 0 Å². The summed E-state index contributed by atoms with van der Waals surface area (Å²) in [5.41, 5.74) is 0. The Bertz CT molecular complexity index is 758. The third kappa shape index (κ3) is 6.50. The highest BCUT2D eigenvalue weighted by atomic mass is 32.1. The van der Waals surface area contributed by atoms with Crippen LogP contribution in [0.25, 0.3) is 0 Å². The molecule has 5 nitrogen and oxygen atoms in total. The maximum absolute atomic E-state index is 12.2. The number of aliphatic hydroxyl groups is 1. The summed E-state index contributed by atoms with van der Waals surface area (Å²) in [7, 11) is 0. The maximum Gasteiger partial charge on any atom is 0.345 e. The standard InChI is InChI=1S/C22H29NO4S/c1-3-4-5-7-16(2)19(24)12-9-17-10-14-21(25)23(17)15-6-8-18-11-13-20(28-18)22(26)27/h9,11-13,16-17,19,24H,3,6-8,10,14-15H2,1-2H3,(H,26,27)/b12-9+/t16?,17-,19+/m0/s1. The van der Waals surface area contributed by atoms with Crippen molar-refractivity contribution in [1.29, 1.82) is 0 Å². The lowest BCUT2D eigenvalue weighted by Crippen LogP contribution is -2.33. The minimum absolute atomic E-state index is 0.0222. The summed E-state index contributed by atoms with van der Waals surface area (Å²) in [6.07, 6.45) is 7.52. The first-order valence-corrected chi connectivity index (χ1v) is 10.7. The zero-order chi connectivity index (χ0) is 20.5. The fourth-order valence-corrected chi connectivity index (χ4v) is 4.10. The topological polar surface area (TPSA) is 77.8 Å². The van der Waals surface area contributed by atoms with Crippen molar-refractivity contribution < 1.29 is 19.8 Å². The van der Waals surface area contributed by atoms with Gasteiger partial charge >= 0.3 is 5.97 Å². The number of carboxylic acids is 1. The molecule has 0 saturated carbocycles. The number of likely N-dealkylation sites (tertiary alicyclic amines) is 1. The Morgan fingerprint density at radius 1 is 1.43 bits per heavy atom. The lowest BCUT2D eigenvalue weighted by atomic mass is 10.00. The van der Waals surface area contributed by atoms with Crippen LogP contribution in [0.2, 0.25) is 0 Å². The molecule has 0 radical (unpaired) electrons. The Hall–Kier alpha value is -2.10. The van der Waals surface area contributed by atoms with Gasteiger partial charge in [0.1, 0.15) is 4.88 Å². The Labute approximate surface area is 171 Å². The van der Waals surface area contributed by atoms with Gasteiger partial charge in [-0.3, -0.25) is 4.79 Å². The van der Waals surface area contributed by atoms with Crippen LogP contribution in [0.3, 0.4) is 0 Å². The molecule has 28 heavy (non-hydrogen) atoms. The molecule has 1 saturated heterocycles. The summed E-state index contributed by atoms with van der Waals surface area (Å²) in [6, 6.07) is 3.49. The van der Waals surface area contributed by atoms with Crippen LogP contribution in [0.1, 0.15) is 60.5 Å². The maximum atomic E-state index is 12.2. The molecule has 1 amide bonds. The van der Waals surface area contributed by atoms with Crippen molar-refractivity contribution >= 4 is 23.2 Å². The van der Waals surface area contributed by atoms with Crippen LogP contribution >= 0.6 is 11.3 Å². The molecule has 1 unspecified atom stereocenters. The van der Waals surface area contributed by atoms with E-state index in [1.807, 2.05) is 30.9 Å². The fraction of sp³-hybridized carbons (Fsp3) is 0.545. The number of aliphatic hydroxyl groups excluding tert-OH is 1. The van der Waals surface area contributed by atoms with E-state index in [1.54, 1.807) is 12.1 Å². The second-order valence-electron chi connectivity index (χ2n) is 7.13. The van der Waals surface area contributed by atoms with Crippen molar-refractivity contribution in [1.82, 2.24) is 4.90 Å². The van der Waals surface area contributed by atoms with E-state index >= 15 is 0 Å². The summed E-state index contributed by atoms with van der Waals surface area (Å²) >= 11 is 1.29. The Kier molecular flexibility index (Phi) is 8.75. The van der Waals surface area contributed by atoms with Crippen LogP contribution in [-0.4, -0.2) is 45.7 Å². The van der Waals surface area contributed by atoms with E-state index in [9.17, 15) is 14.7 Å². The number of carboxylic acid groups (broad SMARTS) is 1. The molecule has 1 aliphatic heterocycles. The smallest absolute Gasteiger partial charge is 0.345 e. The minimum Gasteiger partial charge on any atom is -0.477 e. The lowest BCUT2D eigenvalue weighted by Gasteiger charge is -2.23. The molecular formula is C22H29NO4S. The van der Waals surface area contributed by atoms with Crippen LogP contribution in [0.15, 0.2) is 24.3 Å². The normalized spacial score (nSPS) is 18.9. The van der Waals surface area contributed by atoms with Crippen molar-refractivity contribution in [3.8, 4) is 11.8 Å². The number of carbonyl (C=O) groups is 2. The van der Waals surface area contributed by atoms with Crippen molar-refractivity contribution in [2.75, 3.05) is 6.54 Å². The summed E-state index contributed by atoms with van der Waals surface area (Å²) in [6.45, 7) is 4.62. The van der Waals surface area contributed by atoms with Gasteiger partial charge in [-0.25, -0.2) is 4.79 Å². The average molecular weight is 404 g/mol. The van der Waals surface area contributed by atoms with E-state index in [4.69, 9.17) is 5.11 Å². The van der Waals surface area contributed by atoms with Gasteiger partial charge in [0, 0.05) is 30.7 Å². The molecule has 152 valence electrons. The number of rotatable bonds is 9. The molecule has 2 N–H and O–H groups in total. The third-order valence-corrected chi connectivity index (χ3v) is 6.04. The number of nitrogens with zero attached hydrogens (tertiary/aromatic N) is 1. The Morgan fingerprint density at radius 2 is 2.21 bits per heavy atom. The number of aromatic carboxylic acids is 1. The van der Waals surface area contributed by atoms with Crippen LogP contribution in [-0.2, 0) is 11.2 Å². The Balaban J connectivity index is 1.85. The third-order valence-electron chi connectivity index (χ3n) is 4.91. The Morgan fingerprint density at radius 3 is 2.89 bits per heavy atom. The van der Waals surface area contributed by atoms with Gasteiger partial charge in [0.25, 0.3) is 0 Å². The highest BCUT2D eigenvalue weighted by Gasteiger charge is 2.28. The lowest BCUT2D eigenvalue weighted by molar-refractivity contribution is -0.128. The molecule has 1 aromatic heterocycles. The van der Waals surface area contributed by atoms with Crippen LogP contribution < -0.4 is 0 Å². The number of hydrogen-bond donors (Lipinski definition) is 2. The molecule has 0 aromatic carbocycles. The first kappa shape index (κ1) is 22.2. The summed E-state index contributed by atoms with van der Waals surface area (Å²) < 4.78 is 0. The van der Waals surface area contributed by atoms with Crippen LogP contribution in [0.4, 0.5) is 0 Å². The van der Waals surface area contributed by atoms with E-state index in [0.29, 0.717) is 24.3 Å². The number of hydrogen-bond acceptors (Lipinski definition) is 4. The molecule has 0 spiro atoms. The van der Waals surface area contributed by atoms with E-state index < -0.39 is 12.1 Å². The van der Waals surface area contributed by atoms with Crippen LogP contribution in [0.5, 0.6) is 0 Å². The molecule has 1 aromatic rings. The monoisotopic (exact) mass is 403 g/mol. The van der Waals surface area contributed by atoms with E-state index in [2.05, 4.69) is 11.8 Å². The number of thiophene rings is 1. The molecule has 1 aliphatic rings. The molecule has 1 fully saturated rings. The van der Waals surface area contributed by atoms with Gasteiger partial charge in [-0.15, -0.1) is 23.2 Å². The van der Waals surface area contributed by atoms with Crippen molar-refractivity contribution in [3.05, 3.63) is 34.0 Å². The molecule has 2 heterocycles. The van der Waals surface area contributed by atoms with Gasteiger partial charge in [-0.1, -0.05) is 26.0 Å². The van der Waals surface area contributed by atoms with Gasteiger partial charge in [0.2, 0.25) is 5.91 Å². The summed E-state index contributed by atoms with van der Waals surface area (Å²) in [4.78, 5) is 26.4.